The van der Waals surface area contributed by atoms with Crippen molar-refractivity contribution < 1.29 is 4.79 Å². The molecule has 18 heavy (non-hydrogen) atoms. The number of hydrogen-bond acceptors (Lipinski definition) is 3. The van der Waals surface area contributed by atoms with Gasteiger partial charge in [-0.05, 0) is 24.6 Å². The number of likely N-dealkylation sites (N-methyl/N-ethyl adjacent to an activating group) is 1. The summed E-state index contributed by atoms with van der Waals surface area (Å²) in [4.78, 5) is 15.4. The highest BCUT2D eigenvalue weighted by atomic mass is 32.2. The predicted octanol–water partition coefficient (Wildman–Crippen LogP) is 2.47. The smallest absolute Gasteiger partial charge is 0.240 e. The number of rotatable bonds is 3. The number of nitrogens with zero attached hydrogens (tertiary/aromatic N) is 1. The Morgan fingerprint density at radius 3 is 2.94 bits per heavy atom. The molecule has 98 valence electrons. The number of nitrogens with one attached hydrogen (secondary N) is 1. The molecule has 1 aromatic rings. The van der Waals surface area contributed by atoms with E-state index in [4.69, 9.17) is 0 Å². The van der Waals surface area contributed by atoms with Gasteiger partial charge in [-0.25, -0.2) is 0 Å². The fourth-order valence-electron chi connectivity index (χ4n) is 2.27. The number of thioether (sulfide) groups is 1. The van der Waals surface area contributed by atoms with Crippen LogP contribution in [0.5, 0.6) is 0 Å². The van der Waals surface area contributed by atoms with Crippen molar-refractivity contribution in [3.8, 4) is 0 Å². The van der Waals surface area contributed by atoms with E-state index in [1.54, 1.807) is 0 Å². The highest BCUT2D eigenvalue weighted by molar-refractivity contribution is 7.99. The first-order chi connectivity index (χ1) is 8.65. The standard InChI is InChI=1S/C14H20N2OS/c1-10(2)11-5-4-6-12-14(11)16(7-8-18-12)13(17)9-15-3/h4-6,10,15H,7-9H2,1-3H3. The second-order valence-corrected chi connectivity index (χ2v) is 5.91. The van der Waals surface area contributed by atoms with Gasteiger partial charge in [0.2, 0.25) is 5.91 Å². The van der Waals surface area contributed by atoms with Crippen LogP contribution < -0.4 is 10.2 Å². The van der Waals surface area contributed by atoms with E-state index < -0.39 is 0 Å². The molecule has 3 nitrogen and oxygen atoms in total. The van der Waals surface area contributed by atoms with E-state index in [0.29, 0.717) is 12.5 Å². The van der Waals surface area contributed by atoms with Crippen LogP contribution in [0.15, 0.2) is 23.1 Å². The molecule has 0 aliphatic carbocycles. The maximum Gasteiger partial charge on any atom is 0.240 e. The number of benzene rings is 1. The highest BCUT2D eigenvalue weighted by Crippen LogP contribution is 2.40. The highest BCUT2D eigenvalue weighted by Gasteiger charge is 2.25. The Bertz CT molecular complexity index is 445. The summed E-state index contributed by atoms with van der Waals surface area (Å²) in [6.07, 6.45) is 0. The lowest BCUT2D eigenvalue weighted by atomic mass is 10.00. The molecule has 0 saturated heterocycles. The normalized spacial score (nSPS) is 14.8. The Balaban J connectivity index is 2.43. The van der Waals surface area contributed by atoms with Gasteiger partial charge in [0.05, 0.1) is 12.2 Å². The molecule has 2 rings (SSSR count). The first-order valence-corrected chi connectivity index (χ1v) is 7.34. The lowest BCUT2D eigenvalue weighted by Gasteiger charge is -2.32. The Kier molecular flexibility index (Phi) is 4.30. The second-order valence-electron chi connectivity index (χ2n) is 4.77. The quantitative estimate of drug-likeness (QED) is 0.910. The van der Waals surface area contributed by atoms with E-state index in [2.05, 4.69) is 37.4 Å². The van der Waals surface area contributed by atoms with Crippen LogP contribution in [-0.2, 0) is 4.79 Å². The summed E-state index contributed by atoms with van der Waals surface area (Å²) >= 11 is 1.85. The Hall–Kier alpha value is -1.00. The van der Waals surface area contributed by atoms with Crippen LogP contribution >= 0.6 is 11.8 Å². The Morgan fingerprint density at radius 1 is 1.50 bits per heavy atom. The number of para-hydroxylation sites is 1. The van der Waals surface area contributed by atoms with Gasteiger partial charge in [-0.2, -0.15) is 0 Å². The van der Waals surface area contributed by atoms with E-state index in [0.717, 1.165) is 18.0 Å². The first kappa shape index (κ1) is 13.4. The summed E-state index contributed by atoms with van der Waals surface area (Å²) in [5.41, 5.74) is 2.40. The topological polar surface area (TPSA) is 32.3 Å². The number of anilines is 1. The van der Waals surface area contributed by atoms with E-state index in [1.807, 2.05) is 23.7 Å². The van der Waals surface area contributed by atoms with Crippen LogP contribution in [0, 0.1) is 0 Å². The molecule has 0 bridgehead atoms. The van der Waals surface area contributed by atoms with E-state index in [9.17, 15) is 4.79 Å². The molecule has 0 radical (unpaired) electrons. The third-order valence-corrected chi connectivity index (χ3v) is 4.15. The van der Waals surface area contributed by atoms with Gasteiger partial charge < -0.3 is 10.2 Å². The average molecular weight is 264 g/mol. The molecule has 1 aliphatic rings. The van der Waals surface area contributed by atoms with Gasteiger partial charge in [0.25, 0.3) is 0 Å². The summed E-state index contributed by atoms with van der Waals surface area (Å²) < 4.78 is 0. The van der Waals surface area contributed by atoms with E-state index >= 15 is 0 Å². The Labute approximate surface area is 113 Å². The Morgan fingerprint density at radius 2 is 2.28 bits per heavy atom. The molecule has 4 heteroatoms. The number of hydrogen-bond donors (Lipinski definition) is 1. The lowest BCUT2D eigenvalue weighted by molar-refractivity contribution is -0.117. The minimum Gasteiger partial charge on any atom is -0.311 e. The minimum atomic E-state index is 0.159. The van der Waals surface area contributed by atoms with Gasteiger partial charge in [0, 0.05) is 17.2 Å². The fourth-order valence-corrected chi connectivity index (χ4v) is 3.30. The van der Waals surface area contributed by atoms with Crippen molar-refractivity contribution in [2.75, 3.05) is 30.8 Å². The molecular weight excluding hydrogens is 244 g/mol. The van der Waals surface area contributed by atoms with Crippen molar-refractivity contribution in [3.05, 3.63) is 23.8 Å². The monoisotopic (exact) mass is 264 g/mol. The fraction of sp³-hybridized carbons (Fsp3) is 0.500. The van der Waals surface area contributed by atoms with Gasteiger partial charge in [-0.15, -0.1) is 11.8 Å². The van der Waals surface area contributed by atoms with Crippen molar-refractivity contribution in [3.63, 3.8) is 0 Å². The van der Waals surface area contributed by atoms with Crippen molar-refractivity contribution in [1.29, 1.82) is 0 Å². The molecule has 0 unspecified atom stereocenters. The molecule has 0 saturated carbocycles. The van der Waals surface area contributed by atoms with E-state index in [-0.39, 0.29) is 5.91 Å². The van der Waals surface area contributed by atoms with Gasteiger partial charge >= 0.3 is 0 Å². The summed E-state index contributed by atoms with van der Waals surface area (Å²) in [5.74, 6) is 1.57. The van der Waals surface area contributed by atoms with Gasteiger partial charge in [-0.1, -0.05) is 26.0 Å². The molecular formula is C14H20N2OS. The van der Waals surface area contributed by atoms with Crippen LogP contribution in [0.3, 0.4) is 0 Å². The molecule has 1 aromatic carbocycles. The molecule has 1 N–H and O–H groups in total. The third kappa shape index (κ3) is 2.54. The molecule has 0 fully saturated rings. The zero-order valence-corrected chi connectivity index (χ0v) is 12.0. The van der Waals surface area contributed by atoms with Crippen LogP contribution in [0.25, 0.3) is 0 Å². The summed E-state index contributed by atoms with van der Waals surface area (Å²) in [6.45, 7) is 5.56. The van der Waals surface area contributed by atoms with Crippen LogP contribution in [0.4, 0.5) is 5.69 Å². The molecule has 1 amide bonds. The molecule has 0 spiro atoms. The maximum atomic E-state index is 12.2. The van der Waals surface area contributed by atoms with Crippen LogP contribution in [-0.4, -0.2) is 31.8 Å². The molecule has 0 aromatic heterocycles. The number of carbonyl (C=O) groups excluding carboxylic acids is 1. The third-order valence-electron chi connectivity index (χ3n) is 3.12. The number of fused-ring (bicyclic) bond motifs is 1. The summed E-state index contributed by atoms with van der Waals surface area (Å²) in [6, 6.07) is 6.34. The van der Waals surface area contributed by atoms with Crippen molar-refractivity contribution in [1.82, 2.24) is 5.32 Å². The average Bonchev–Trinajstić information content (AvgIpc) is 2.37. The SMILES string of the molecule is CNCC(=O)N1CCSc2cccc(C(C)C)c21. The van der Waals surface area contributed by atoms with Crippen LogP contribution in [0.2, 0.25) is 0 Å². The summed E-state index contributed by atoms with van der Waals surface area (Å²) in [5, 5.41) is 2.95. The number of carbonyl (C=O) groups is 1. The zero-order valence-electron chi connectivity index (χ0n) is 11.2. The van der Waals surface area contributed by atoms with Crippen molar-refractivity contribution >= 4 is 23.4 Å². The van der Waals surface area contributed by atoms with Crippen molar-refractivity contribution in [2.24, 2.45) is 0 Å². The zero-order chi connectivity index (χ0) is 13.1. The first-order valence-electron chi connectivity index (χ1n) is 6.35. The molecule has 0 atom stereocenters. The predicted molar refractivity (Wildman–Crippen MR) is 77.5 cm³/mol. The molecule has 1 aliphatic heterocycles. The second kappa shape index (κ2) is 5.76. The molecule has 1 heterocycles. The minimum absolute atomic E-state index is 0.159. The van der Waals surface area contributed by atoms with Gasteiger partial charge in [0.1, 0.15) is 0 Å². The van der Waals surface area contributed by atoms with Gasteiger partial charge in [-0.3, -0.25) is 4.79 Å². The van der Waals surface area contributed by atoms with Crippen molar-refractivity contribution in [2.45, 2.75) is 24.7 Å². The van der Waals surface area contributed by atoms with Crippen LogP contribution in [0.1, 0.15) is 25.3 Å². The maximum absolute atomic E-state index is 12.2. The van der Waals surface area contributed by atoms with E-state index in [1.165, 1.54) is 10.5 Å². The largest absolute Gasteiger partial charge is 0.311 e. The van der Waals surface area contributed by atoms with Gasteiger partial charge in [0.15, 0.2) is 0 Å². The lowest BCUT2D eigenvalue weighted by Crippen LogP contribution is -2.41. The summed E-state index contributed by atoms with van der Waals surface area (Å²) in [7, 11) is 1.81. The number of amides is 1.